The summed E-state index contributed by atoms with van der Waals surface area (Å²) >= 11 is 1.48. The second-order valence-corrected chi connectivity index (χ2v) is 11.7. The number of nitrogens with one attached hydrogen (secondary N) is 1. The molecule has 2 aromatic carbocycles. The summed E-state index contributed by atoms with van der Waals surface area (Å²) in [6, 6.07) is 10.3. The quantitative estimate of drug-likeness (QED) is 0.687. The van der Waals surface area contributed by atoms with Crippen LogP contribution < -0.4 is 10.2 Å². The lowest BCUT2D eigenvalue weighted by Crippen LogP contribution is -2.39. The number of carbonyl (C=O) groups excluding carboxylic acids is 2. The molecule has 2 aliphatic rings. The number of carbonyl (C=O) groups is 2. The Bertz CT molecular complexity index is 1170. The number of sulfonamides is 1. The van der Waals surface area contributed by atoms with Crippen molar-refractivity contribution in [3.8, 4) is 0 Å². The molecule has 0 radical (unpaired) electrons. The maximum absolute atomic E-state index is 13.5. The Kier molecular flexibility index (Phi) is 7.06. The van der Waals surface area contributed by atoms with Gasteiger partial charge in [0, 0.05) is 35.3 Å². The van der Waals surface area contributed by atoms with Gasteiger partial charge in [-0.1, -0.05) is 19.4 Å². The third-order valence-electron chi connectivity index (χ3n) is 5.68. The van der Waals surface area contributed by atoms with Gasteiger partial charge in [-0.25, -0.2) is 12.8 Å². The number of benzene rings is 2. The first-order valence-corrected chi connectivity index (χ1v) is 13.2. The number of rotatable bonds is 5. The fraction of sp³-hybridized carbons (Fsp3) is 0.391. The van der Waals surface area contributed by atoms with Crippen LogP contribution in [0.3, 0.4) is 0 Å². The lowest BCUT2D eigenvalue weighted by atomic mass is 10.2. The van der Waals surface area contributed by atoms with Gasteiger partial charge in [-0.2, -0.15) is 4.31 Å². The average molecular weight is 492 g/mol. The second kappa shape index (κ2) is 9.82. The van der Waals surface area contributed by atoms with E-state index in [0.29, 0.717) is 18.8 Å². The molecule has 2 amide bonds. The lowest BCUT2D eigenvalue weighted by Gasteiger charge is -2.27. The zero-order chi connectivity index (χ0) is 23.6. The predicted molar refractivity (Wildman–Crippen MR) is 126 cm³/mol. The first-order chi connectivity index (χ1) is 15.7. The van der Waals surface area contributed by atoms with Gasteiger partial charge in [-0.15, -0.1) is 11.8 Å². The Morgan fingerprint density at radius 3 is 2.64 bits per heavy atom. The van der Waals surface area contributed by atoms with Gasteiger partial charge in [0.2, 0.25) is 21.8 Å². The molecule has 1 atom stereocenters. The van der Waals surface area contributed by atoms with Crippen LogP contribution >= 0.6 is 11.8 Å². The highest BCUT2D eigenvalue weighted by molar-refractivity contribution is 8.00. The van der Waals surface area contributed by atoms with Crippen molar-refractivity contribution in [3.05, 3.63) is 48.3 Å². The highest BCUT2D eigenvalue weighted by Gasteiger charge is 2.31. The van der Waals surface area contributed by atoms with E-state index < -0.39 is 21.7 Å². The number of fused-ring (bicyclic) bond motifs is 1. The number of piperidine rings is 1. The number of hydrogen-bond donors (Lipinski definition) is 1. The molecule has 1 saturated heterocycles. The summed E-state index contributed by atoms with van der Waals surface area (Å²) in [4.78, 5) is 27.9. The molecule has 0 spiro atoms. The molecule has 0 aliphatic carbocycles. The molecule has 0 aromatic heterocycles. The van der Waals surface area contributed by atoms with Gasteiger partial charge in [0.1, 0.15) is 12.4 Å². The Morgan fingerprint density at radius 1 is 1.15 bits per heavy atom. The first kappa shape index (κ1) is 23.7. The van der Waals surface area contributed by atoms with Crippen LogP contribution in [0.25, 0.3) is 0 Å². The summed E-state index contributed by atoms with van der Waals surface area (Å²) < 4.78 is 41.4. The van der Waals surface area contributed by atoms with Gasteiger partial charge in [0.05, 0.1) is 10.6 Å². The molecule has 2 aromatic rings. The van der Waals surface area contributed by atoms with E-state index in [1.165, 1.54) is 45.2 Å². The highest BCUT2D eigenvalue weighted by Crippen LogP contribution is 2.39. The van der Waals surface area contributed by atoms with Crippen LogP contribution in [0.15, 0.2) is 52.3 Å². The number of amides is 2. The summed E-state index contributed by atoms with van der Waals surface area (Å²) in [6.45, 7) is 2.57. The number of anilines is 2. The molecule has 176 valence electrons. The van der Waals surface area contributed by atoms with E-state index in [0.717, 1.165) is 24.2 Å². The zero-order valence-corrected chi connectivity index (χ0v) is 19.9. The molecular formula is C23H26FN3O4S2. The molecule has 4 rings (SSSR count). The van der Waals surface area contributed by atoms with Gasteiger partial charge in [0.15, 0.2) is 0 Å². The van der Waals surface area contributed by atoms with Gasteiger partial charge in [-0.05, 0) is 49.2 Å². The second-order valence-electron chi connectivity index (χ2n) is 8.27. The third kappa shape index (κ3) is 5.39. The number of thioether (sulfide) groups is 1. The Balaban J connectivity index is 1.64. The summed E-state index contributed by atoms with van der Waals surface area (Å²) in [6.07, 6.45) is 2.86. The molecule has 0 saturated carbocycles. The van der Waals surface area contributed by atoms with E-state index >= 15 is 0 Å². The summed E-state index contributed by atoms with van der Waals surface area (Å²) in [7, 11) is -3.70. The fourth-order valence-electron chi connectivity index (χ4n) is 4.06. The Hall–Kier alpha value is -2.43. The van der Waals surface area contributed by atoms with Crippen LogP contribution in [-0.4, -0.2) is 49.4 Å². The predicted octanol–water partition coefficient (Wildman–Crippen LogP) is 3.86. The van der Waals surface area contributed by atoms with E-state index in [9.17, 15) is 22.4 Å². The van der Waals surface area contributed by atoms with E-state index in [2.05, 4.69) is 5.32 Å². The normalized spacial score (nSPS) is 19.6. The minimum absolute atomic E-state index is 0.0305. The van der Waals surface area contributed by atoms with Gasteiger partial charge >= 0.3 is 0 Å². The molecule has 0 bridgehead atoms. The van der Waals surface area contributed by atoms with E-state index in [-0.39, 0.29) is 34.7 Å². The molecule has 0 unspecified atom stereocenters. The van der Waals surface area contributed by atoms with Crippen molar-refractivity contribution >= 4 is 45.0 Å². The van der Waals surface area contributed by atoms with E-state index in [4.69, 9.17) is 0 Å². The molecule has 7 nitrogen and oxygen atoms in total. The molecule has 10 heteroatoms. The van der Waals surface area contributed by atoms with Crippen LogP contribution in [0.4, 0.5) is 15.8 Å². The SMILES string of the molecule is C[C@@H]1CC(=O)N(CC(=O)Nc2cccc(F)c2)c2cc(S(=O)(=O)N3CCCCC3)ccc2S1. The van der Waals surface area contributed by atoms with E-state index in [1.807, 2.05) is 6.92 Å². The van der Waals surface area contributed by atoms with Crippen molar-refractivity contribution in [1.29, 1.82) is 0 Å². The highest BCUT2D eigenvalue weighted by atomic mass is 32.2. The van der Waals surface area contributed by atoms with Crippen molar-refractivity contribution in [2.75, 3.05) is 29.9 Å². The molecular weight excluding hydrogens is 465 g/mol. The molecule has 2 aliphatic heterocycles. The number of nitrogens with zero attached hydrogens (tertiary/aromatic N) is 2. The maximum atomic E-state index is 13.5. The van der Waals surface area contributed by atoms with Gasteiger partial charge in [0.25, 0.3) is 0 Å². The fourth-order valence-corrected chi connectivity index (χ4v) is 6.69. The third-order valence-corrected chi connectivity index (χ3v) is 8.74. The summed E-state index contributed by atoms with van der Waals surface area (Å²) in [5.74, 6) is -1.25. The zero-order valence-electron chi connectivity index (χ0n) is 18.3. The van der Waals surface area contributed by atoms with Gasteiger partial charge < -0.3 is 10.2 Å². The molecule has 33 heavy (non-hydrogen) atoms. The average Bonchev–Trinajstić information content (AvgIpc) is 2.89. The first-order valence-electron chi connectivity index (χ1n) is 10.9. The van der Waals surface area contributed by atoms with Crippen LogP contribution in [0.5, 0.6) is 0 Å². The van der Waals surface area contributed by atoms with Crippen LogP contribution in [0, 0.1) is 5.82 Å². The Morgan fingerprint density at radius 2 is 1.91 bits per heavy atom. The largest absolute Gasteiger partial charge is 0.324 e. The maximum Gasteiger partial charge on any atom is 0.244 e. The van der Waals surface area contributed by atoms with Crippen molar-refractivity contribution in [2.45, 2.75) is 47.6 Å². The monoisotopic (exact) mass is 491 g/mol. The van der Waals surface area contributed by atoms with Crippen molar-refractivity contribution < 1.29 is 22.4 Å². The molecule has 1 fully saturated rings. The lowest BCUT2D eigenvalue weighted by molar-refractivity contribution is -0.121. The molecule has 1 N–H and O–H groups in total. The van der Waals surface area contributed by atoms with E-state index in [1.54, 1.807) is 18.2 Å². The van der Waals surface area contributed by atoms with Gasteiger partial charge in [-0.3, -0.25) is 9.59 Å². The minimum atomic E-state index is -3.70. The number of hydrogen-bond acceptors (Lipinski definition) is 5. The van der Waals surface area contributed by atoms with Crippen LogP contribution in [-0.2, 0) is 19.6 Å². The summed E-state index contributed by atoms with van der Waals surface area (Å²) in [5.41, 5.74) is 0.688. The Labute approximate surface area is 197 Å². The van der Waals surface area contributed by atoms with Crippen molar-refractivity contribution in [3.63, 3.8) is 0 Å². The van der Waals surface area contributed by atoms with Crippen LogP contribution in [0.1, 0.15) is 32.6 Å². The summed E-state index contributed by atoms with van der Waals surface area (Å²) in [5, 5.41) is 2.57. The smallest absolute Gasteiger partial charge is 0.244 e. The standard InChI is InChI=1S/C23H26FN3O4S2/c1-16-12-23(29)27(15-22(28)25-18-7-5-6-17(24)13-18)20-14-19(8-9-21(20)32-16)33(30,31)26-10-3-2-4-11-26/h5-9,13-14,16H,2-4,10-12,15H2,1H3,(H,25,28)/t16-/m1/s1. The minimum Gasteiger partial charge on any atom is -0.324 e. The van der Waals surface area contributed by atoms with Crippen molar-refractivity contribution in [1.82, 2.24) is 4.31 Å². The van der Waals surface area contributed by atoms with Crippen molar-refractivity contribution in [2.24, 2.45) is 0 Å². The topological polar surface area (TPSA) is 86.8 Å². The number of halogens is 1. The van der Waals surface area contributed by atoms with Crippen LogP contribution in [0.2, 0.25) is 0 Å². The molecule has 2 heterocycles.